The van der Waals surface area contributed by atoms with Gasteiger partial charge in [0.15, 0.2) is 9.84 Å². The lowest BCUT2D eigenvalue weighted by molar-refractivity contribution is 0.337. The number of nitrogens with one attached hydrogen (secondary N) is 1. The van der Waals surface area contributed by atoms with Crippen molar-refractivity contribution in [1.82, 2.24) is 5.32 Å². The highest BCUT2D eigenvalue weighted by Gasteiger charge is 2.28. The van der Waals surface area contributed by atoms with Crippen molar-refractivity contribution in [1.29, 1.82) is 0 Å². The second-order valence-electron chi connectivity index (χ2n) is 3.13. The summed E-state index contributed by atoms with van der Waals surface area (Å²) < 4.78 is 27.2. The third-order valence-corrected chi connectivity index (χ3v) is 3.89. The van der Waals surface area contributed by atoms with E-state index in [1.54, 1.807) is 6.08 Å². The molecule has 1 saturated heterocycles. The van der Waals surface area contributed by atoms with E-state index in [9.17, 15) is 8.42 Å². The second-order valence-corrected chi connectivity index (χ2v) is 5.73. The Hall–Kier alpha value is -0.620. The Morgan fingerprint density at radius 3 is 2.93 bits per heavy atom. The summed E-state index contributed by atoms with van der Waals surface area (Å²) in [4.78, 5) is 0. The maximum absolute atomic E-state index is 11.1. The van der Waals surface area contributed by atoms with E-state index in [0.29, 0.717) is 13.0 Å². The van der Waals surface area contributed by atoms with E-state index in [1.807, 2.05) is 0 Å². The van der Waals surface area contributed by atoms with Crippen molar-refractivity contribution in [3.05, 3.63) is 12.7 Å². The molecule has 14 heavy (non-hydrogen) atoms. The molecule has 0 aromatic rings. The summed E-state index contributed by atoms with van der Waals surface area (Å²) >= 11 is 4.86. The summed E-state index contributed by atoms with van der Waals surface area (Å²) in [5, 5.41) is 3.09. The van der Waals surface area contributed by atoms with Crippen LogP contribution in [0.2, 0.25) is 0 Å². The highest BCUT2D eigenvalue weighted by atomic mass is 32.2. The Balaban J connectivity index is 2.32. The van der Waals surface area contributed by atoms with Gasteiger partial charge >= 0.3 is 0 Å². The Bertz CT molecular complexity index is 323. The first-order valence-corrected chi connectivity index (χ1v) is 6.51. The van der Waals surface area contributed by atoms with Gasteiger partial charge in [0.1, 0.15) is 6.61 Å². The monoisotopic (exact) mass is 235 g/mol. The zero-order valence-corrected chi connectivity index (χ0v) is 9.36. The zero-order chi connectivity index (χ0) is 10.6. The number of hydrogen-bond acceptors (Lipinski definition) is 4. The summed E-state index contributed by atoms with van der Waals surface area (Å²) in [7, 11) is -2.86. The van der Waals surface area contributed by atoms with Crippen LogP contribution in [0, 0.1) is 0 Å². The number of rotatable bonds is 3. The maximum atomic E-state index is 11.1. The van der Waals surface area contributed by atoms with Gasteiger partial charge in [0.25, 0.3) is 5.17 Å². The first-order chi connectivity index (χ1) is 6.53. The van der Waals surface area contributed by atoms with Gasteiger partial charge in [-0.3, -0.25) is 0 Å². The fraction of sp³-hybridized carbons (Fsp3) is 0.625. The summed E-state index contributed by atoms with van der Waals surface area (Å²) in [5.74, 6) is 0.374. The van der Waals surface area contributed by atoms with Gasteiger partial charge in [-0.15, -0.1) is 0 Å². The molecule has 0 saturated carbocycles. The number of sulfone groups is 1. The molecule has 0 spiro atoms. The van der Waals surface area contributed by atoms with Crippen molar-refractivity contribution in [2.45, 2.75) is 12.5 Å². The molecule has 0 amide bonds. The summed E-state index contributed by atoms with van der Waals surface area (Å²) in [6, 6.07) is -0.0997. The van der Waals surface area contributed by atoms with E-state index in [-0.39, 0.29) is 22.7 Å². The molecule has 0 aliphatic carbocycles. The maximum Gasteiger partial charge on any atom is 0.257 e. The lowest BCUT2D eigenvalue weighted by Crippen LogP contribution is -2.35. The van der Waals surface area contributed by atoms with Crippen molar-refractivity contribution in [3.8, 4) is 0 Å². The van der Waals surface area contributed by atoms with E-state index >= 15 is 0 Å². The molecular weight excluding hydrogens is 222 g/mol. The summed E-state index contributed by atoms with van der Waals surface area (Å²) in [5.41, 5.74) is 0. The Morgan fingerprint density at radius 1 is 1.71 bits per heavy atom. The third kappa shape index (κ3) is 3.63. The molecular formula is C8H13NO3S2. The molecule has 80 valence electrons. The molecule has 4 nitrogen and oxygen atoms in total. The third-order valence-electron chi connectivity index (χ3n) is 1.89. The lowest BCUT2D eigenvalue weighted by Gasteiger charge is -2.12. The van der Waals surface area contributed by atoms with Crippen LogP contribution in [0.1, 0.15) is 6.42 Å². The van der Waals surface area contributed by atoms with Gasteiger partial charge in [0.05, 0.1) is 11.5 Å². The molecule has 0 aromatic carbocycles. The van der Waals surface area contributed by atoms with Gasteiger partial charge in [-0.05, 0) is 18.6 Å². The fourth-order valence-corrected chi connectivity index (χ4v) is 3.16. The highest BCUT2D eigenvalue weighted by Crippen LogP contribution is 2.11. The largest absolute Gasteiger partial charge is 0.467 e. The Labute approximate surface area is 89.2 Å². The quantitative estimate of drug-likeness (QED) is 0.561. The van der Waals surface area contributed by atoms with Crippen LogP contribution in [-0.4, -0.2) is 37.7 Å². The van der Waals surface area contributed by atoms with Gasteiger partial charge < -0.3 is 10.1 Å². The predicted octanol–water partition coefficient (Wildman–Crippen LogP) is 0.251. The van der Waals surface area contributed by atoms with Crippen molar-refractivity contribution >= 4 is 27.2 Å². The molecule has 1 fully saturated rings. The first-order valence-electron chi connectivity index (χ1n) is 4.28. The van der Waals surface area contributed by atoms with Crippen molar-refractivity contribution in [2.75, 3.05) is 18.1 Å². The minimum absolute atomic E-state index is 0.0997. The normalized spacial score (nSPS) is 24.1. The minimum atomic E-state index is -2.86. The van der Waals surface area contributed by atoms with Crippen LogP contribution in [0.3, 0.4) is 0 Å². The van der Waals surface area contributed by atoms with Crippen LogP contribution in [-0.2, 0) is 14.6 Å². The average molecular weight is 235 g/mol. The Kier molecular flexibility index (Phi) is 3.88. The minimum Gasteiger partial charge on any atom is -0.467 e. The smallest absolute Gasteiger partial charge is 0.257 e. The van der Waals surface area contributed by atoms with Gasteiger partial charge in [-0.2, -0.15) is 0 Å². The molecule has 1 N–H and O–H groups in total. The van der Waals surface area contributed by atoms with Crippen LogP contribution in [0.4, 0.5) is 0 Å². The first kappa shape index (κ1) is 11.5. The zero-order valence-electron chi connectivity index (χ0n) is 7.73. The molecule has 6 heteroatoms. The molecule has 1 aliphatic heterocycles. The predicted molar refractivity (Wildman–Crippen MR) is 58.9 cm³/mol. The van der Waals surface area contributed by atoms with Gasteiger partial charge in [-0.25, -0.2) is 8.42 Å². The Morgan fingerprint density at radius 2 is 2.43 bits per heavy atom. The molecule has 1 unspecified atom stereocenters. The topological polar surface area (TPSA) is 55.4 Å². The lowest BCUT2D eigenvalue weighted by atomic mass is 10.3. The molecule has 0 aromatic heterocycles. The summed E-state index contributed by atoms with van der Waals surface area (Å²) in [6.45, 7) is 3.82. The number of ether oxygens (including phenoxy) is 1. The van der Waals surface area contributed by atoms with E-state index in [4.69, 9.17) is 17.0 Å². The molecule has 0 bridgehead atoms. The van der Waals surface area contributed by atoms with E-state index in [0.717, 1.165) is 0 Å². The number of thiocarbonyl (C=S) groups is 1. The second kappa shape index (κ2) is 4.75. The van der Waals surface area contributed by atoms with Crippen molar-refractivity contribution in [3.63, 3.8) is 0 Å². The van der Waals surface area contributed by atoms with Crippen LogP contribution in [0.15, 0.2) is 12.7 Å². The van der Waals surface area contributed by atoms with E-state index in [2.05, 4.69) is 11.9 Å². The van der Waals surface area contributed by atoms with Crippen molar-refractivity contribution in [2.24, 2.45) is 0 Å². The fourth-order valence-electron chi connectivity index (χ4n) is 1.25. The molecule has 1 heterocycles. The van der Waals surface area contributed by atoms with Crippen LogP contribution in [0.5, 0.6) is 0 Å². The number of hydrogen-bond donors (Lipinski definition) is 1. The van der Waals surface area contributed by atoms with Crippen LogP contribution < -0.4 is 5.32 Å². The van der Waals surface area contributed by atoms with Crippen molar-refractivity contribution < 1.29 is 13.2 Å². The molecule has 1 atom stereocenters. The van der Waals surface area contributed by atoms with Crippen LogP contribution >= 0.6 is 12.2 Å². The van der Waals surface area contributed by atoms with Gasteiger partial charge in [-0.1, -0.05) is 12.7 Å². The molecule has 1 rings (SSSR count). The van der Waals surface area contributed by atoms with Crippen LogP contribution in [0.25, 0.3) is 0 Å². The van der Waals surface area contributed by atoms with Gasteiger partial charge in [0.2, 0.25) is 0 Å². The van der Waals surface area contributed by atoms with E-state index in [1.165, 1.54) is 0 Å². The average Bonchev–Trinajstić information content (AvgIpc) is 2.42. The van der Waals surface area contributed by atoms with E-state index < -0.39 is 9.84 Å². The summed E-state index contributed by atoms with van der Waals surface area (Å²) in [6.07, 6.45) is 2.18. The SMILES string of the molecule is C=CCOC(=S)NC1CCS(=O)(=O)C1. The molecule has 1 aliphatic rings. The van der Waals surface area contributed by atoms with Gasteiger partial charge in [0, 0.05) is 6.04 Å². The standard InChI is InChI=1S/C8H13NO3S2/c1-2-4-12-8(13)9-7-3-5-14(10,11)6-7/h2,7H,1,3-6H2,(H,9,13). The highest BCUT2D eigenvalue weighted by molar-refractivity contribution is 7.91. The molecule has 0 radical (unpaired) electrons.